The third kappa shape index (κ3) is 8.74. The van der Waals surface area contributed by atoms with Crippen LogP contribution in [0.1, 0.15) is 33.6 Å². The molecule has 2 nitrogen and oxygen atoms in total. The lowest BCUT2D eigenvalue weighted by atomic mass is 10.3. The smallest absolute Gasteiger partial charge is 0.119 e. The molecule has 0 saturated heterocycles. The largest absolute Gasteiger partial charge is 0.494 e. The molecule has 0 atom stereocenters. The lowest BCUT2D eigenvalue weighted by Gasteiger charge is -2.07. The summed E-state index contributed by atoms with van der Waals surface area (Å²) in [6, 6.07) is 20.9. The van der Waals surface area contributed by atoms with Crippen molar-refractivity contribution >= 4 is 0 Å². The minimum absolute atomic E-state index is 0.252. The van der Waals surface area contributed by atoms with Crippen molar-refractivity contribution in [2.24, 2.45) is 0 Å². The van der Waals surface area contributed by atoms with E-state index in [1.165, 1.54) is 6.42 Å². The van der Waals surface area contributed by atoms with E-state index >= 15 is 0 Å². The quantitative estimate of drug-likeness (QED) is 0.699. The van der Waals surface area contributed by atoms with Crippen LogP contribution in [0.5, 0.6) is 11.5 Å². The summed E-state index contributed by atoms with van der Waals surface area (Å²) in [5.41, 5.74) is 0. The van der Waals surface area contributed by atoms with Crippen molar-refractivity contribution in [1.82, 2.24) is 0 Å². The van der Waals surface area contributed by atoms with Crippen LogP contribution in [0, 0.1) is 12.1 Å². The Balaban J connectivity index is 0.000000211. The molecule has 0 unspecified atom stereocenters. The van der Waals surface area contributed by atoms with Crippen LogP contribution in [-0.4, -0.2) is 12.7 Å². The van der Waals surface area contributed by atoms with E-state index in [4.69, 9.17) is 9.47 Å². The minimum Gasteiger partial charge on any atom is -0.494 e. The van der Waals surface area contributed by atoms with Crippen molar-refractivity contribution in [3.8, 4) is 11.5 Å². The van der Waals surface area contributed by atoms with Gasteiger partial charge >= 0.3 is 0 Å². The Morgan fingerprint density at radius 1 is 0.905 bits per heavy atom. The molecule has 2 rings (SSSR count). The minimum atomic E-state index is 0.252. The molecule has 2 radical (unpaired) electrons. The first-order valence-electron chi connectivity index (χ1n) is 7.44. The van der Waals surface area contributed by atoms with Crippen LogP contribution < -0.4 is 9.47 Å². The van der Waals surface area contributed by atoms with Gasteiger partial charge < -0.3 is 9.47 Å². The maximum atomic E-state index is 5.43. The summed E-state index contributed by atoms with van der Waals surface area (Å²) in [7, 11) is 0. The van der Waals surface area contributed by atoms with Crippen molar-refractivity contribution in [1.29, 1.82) is 0 Å². The molecule has 0 bridgehead atoms. The number of hydrogen-bond donors (Lipinski definition) is 0. The van der Waals surface area contributed by atoms with Crippen LogP contribution in [0.3, 0.4) is 0 Å². The van der Waals surface area contributed by atoms with Crippen LogP contribution >= 0.6 is 0 Å². The van der Waals surface area contributed by atoms with E-state index in [1.807, 2.05) is 62.4 Å². The average molecular weight is 284 g/mol. The fourth-order valence-electron chi connectivity index (χ4n) is 1.52. The van der Waals surface area contributed by atoms with E-state index < -0.39 is 0 Å². The van der Waals surface area contributed by atoms with Crippen molar-refractivity contribution in [3.05, 3.63) is 60.7 Å². The molecule has 2 heteroatoms. The number of unbranched alkanes of at least 4 members (excludes halogenated alkanes) is 1. The van der Waals surface area contributed by atoms with Crippen LogP contribution in [0.4, 0.5) is 0 Å². The lowest BCUT2D eigenvalue weighted by molar-refractivity contribution is 0.242. The molecule has 0 aliphatic heterocycles. The highest BCUT2D eigenvalue weighted by Gasteiger charge is 1.93. The van der Waals surface area contributed by atoms with Crippen molar-refractivity contribution in [2.75, 3.05) is 6.61 Å². The van der Waals surface area contributed by atoms with E-state index in [0.717, 1.165) is 24.5 Å². The zero-order valence-corrected chi connectivity index (χ0v) is 13.1. The topological polar surface area (TPSA) is 18.5 Å². The summed E-state index contributed by atoms with van der Waals surface area (Å²) < 4.78 is 10.8. The summed E-state index contributed by atoms with van der Waals surface area (Å²) in [5, 5.41) is 0. The molecule has 0 N–H and O–H groups in total. The molecule has 2 aromatic rings. The molecule has 0 aliphatic carbocycles. The molecule has 0 saturated carbocycles. The number of ether oxygens (including phenoxy) is 2. The number of hydrogen-bond acceptors (Lipinski definition) is 2. The van der Waals surface area contributed by atoms with Crippen LogP contribution in [-0.2, 0) is 0 Å². The molecule has 0 aliphatic rings. The average Bonchev–Trinajstić information content (AvgIpc) is 2.50. The Morgan fingerprint density at radius 3 is 1.90 bits per heavy atom. The van der Waals surface area contributed by atoms with Crippen molar-refractivity contribution in [3.63, 3.8) is 0 Å². The van der Waals surface area contributed by atoms with Gasteiger partial charge in [-0.15, -0.1) is 0 Å². The van der Waals surface area contributed by atoms with Gasteiger partial charge in [0.05, 0.1) is 12.7 Å². The first kappa shape index (κ1) is 17.1. The van der Waals surface area contributed by atoms with Gasteiger partial charge in [-0.05, 0) is 56.7 Å². The standard InChI is InChI=1S/C10H13O.C9H11O/c1-2-3-9-11-10-7-5-4-6-8-10;1-8(2)10-9-6-4-3-5-7-9/h5-8H,2-3,9H2,1H3;4-8H,1-2H3. The van der Waals surface area contributed by atoms with Gasteiger partial charge in [-0.2, -0.15) is 0 Å². The van der Waals surface area contributed by atoms with Gasteiger partial charge in [-0.3, -0.25) is 0 Å². The zero-order chi connectivity index (χ0) is 15.3. The van der Waals surface area contributed by atoms with Crippen molar-refractivity contribution in [2.45, 2.75) is 39.7 Å². The van der Waals surface area contributed by atoms with Gasteiger partial charge in [0.15, 0.2) is 0 Å². The molecular formula is C19H24O2. The third-order valence-electron chi connectivity index (χ3n) is 2.51. The van der Waals surface area contributed by atoms with E-state index in [1.54, 1.807) is 0 Å². The van der Waals surface area contributed by atoms with Gasteiger partial charge in [0.1, 0.15) is 11.5 Å². The summed E-state index contributed by atoms with van der Waals surface area (Å²) in [4.78, 5) is 0. The maximum Gasteiger partial charge on any atom is 0.119 e. The SMILES string of the molecule is CC(C)Oc1cc[c]cc1.CCCCOc1cc[c]cc1. The van der Waals surface area contributed by atoms with Gasteiger partial charge in [0.25, 0.3) is 0 Å². The third-order valence-corrected chi connectivity index (χ3v) is 2.51. The molecule has 21 heavy (non-hydrogen) atoms. The molecular weight excluding hydrogens is 260 g/mol. The molecule has 0 amide bonds. The molecule has 2 aromatic carbocycles. The predicted molar refractivity (Wildman–Crippen MR) is 86.7 cm³/mol. The second-order valence-corrected chi connectivity index (χ2v) is 4.84. The molecule has 0 heterocycles. The summed E-state index contributed by atoms with van der Waals surface area (Å²) in [5.74, 6) is 1.85. The lowest BCUT2D eigenvalue weighted by Crippen LogP contribution is -2.04. The predicted octanol–water partition coefficient (Wildman–Crippen LogP) is 4.94. The summed E-state index contributed by atoms with van der Waals surface area (Å²) in [6.07, 6.45) is 2.56. The van der Waals surface area contributed by atoms with Gasteiger partial charge in [0.2, 0.25) is 0 Å². The fraction of sp³-hybridized carbons (Fsp3) is 0.368. The van der Waals surface area contributed by atoms with E-state index in [-0.39, 0.29) is 6.10 Å². The highest BCUT2D eigenvalue weighted by Crippen LogP contribution is 2.09. The van der Waals surface area contributed by atoms with Crippen LogP contribution in [0.2, 0.25) is 0 Å². The van der Waals surface area contributed by atoms with E-state index in [2.05, 4.69) is 19.1 Å². The van der Waals surface area contributed by atoms with Gasteiger partial charge in [-0.25, -0.2) is 0 Å². The Labute approximate surface area is 128 Å². The second kappa shape index (κ2) is 10.8. The fourth-order valence-corrected chi connectivity index (χ4v) is 1.52. The second-order valence-electron chi connectivity index (χ2n) is 4.84. The maximum absolute atomic E-state index is 5.43. The number of rotatable bonds is 6. The Bertz CT molecular complexity index is 452. The van der Waals surface area contributed by atoms with Gasteiger partial charge in [0, 0.05) is 0 Å². The first-order valence-corrected chi connectivity index (χ1v) is 7.44. The molecule has 112 valence electrons. The summed E-state index contributed by atoms with van der Waals surface area (Å²) in [6.45, 7) is 7.00. The Hall–Kier alpha value is -1.96. The molecule has 0 fully saturated rings. The first-order chi connectivity index (χ1) is 10.2. The van der Waals surface area contributed by atoms with E-state index in [0.29, 0.717) is 0 Å². The van der Waals surface area contributed by atoms with E-state index in [9.17, 15) is 0 Å². The van der Waals surface area contributed by atoms with Crippen LogP contribution in [0.15, 0.2) is 48.5 Å². The Kier molecular flexibility index (Phi) is 8.78. The van der Waals surface area contributed by atoms with Crippen molar-refractivity contribution < 1.29 is 9.47 Å². The normalized spacial score (nSPS) is 9.71. The zero-order valence-electron chi connectivity index (χ0n) is 13.1. The molecule has 0 spiro atoms. The number of benzene rings is 2. The highest BCUT2D eigenvalue weighted by atomic mass is 16.5. The summed E-state index contributed by atoms with van der Waals surface area (Å²) >= 11 is 0. The van der Waals surface area contributed by atoms with Crippen LogP contribution in [0.25, 0.3) is 0 Å². The molecule has 0 aromatic heterocycles. The Morgan fingerprint density at radius 2 is 1.43 bits per heavy atom. The highest BCUT2D eigenvalue weighted by molar-refractivity contribution is 5.20. The van der Waals surface area contributed by atoms with Gasteiger partial charge in [-0.1, -0.05) is 37.6 Å². The monoisotopic (exact) mass is 284 g/mol.